The van der Waals surface area contributed by atoms with E-state index in [0.29, 0.717) is 10.8 Å². The van der Waals surface area contributed by atoms with Crippen LogP contribution in [0.1, 0.15) is 79.0 Å². The maximum Gasteiger partial charge on any atom is 0.197 e. The number of nitrogens with zero attached hydrogens (tertiary/aromatic N) is 1. The molecule has 35 heavy (non-hydrogen) atoms. The summed E-state index contributed by atoms with van der Waals surface area (Å²) in [5.41, 5.74) is 5.55. The zero-order valence-corrected chi connectivity index (χ0v) is 22.2. The monoisotopic (exact) mass is 463 g/mol. The molecule has 0 saturated heterocycles. The van der Waals surface area contributed by atoms with Crippen molar-refractivity contribution >= 4 is 48.9 Å². The van der Waals surface area contributed by atoms with Gasteiger partial charge >= 0.3 is 0 Å². The Hall–Kier alpha value is -3.20. The van der Waals surface area contributed by atoms with Crippen molar-refractivity contribution in [2.45, 2.75) is 78.6 Å². The van der Waals surface area contributed by atoms with Crippen LogP contribution in [0.3, 0.4) is 0 Å². The predicted molar refractivity (Wildman–Crippen MR) is 150 cm³/mol. The smallest absolute Gasteiger partial charge is 0.197 e. The zero-order chi connectivity index (χ0) is 25.4. The van der Waals surface area contributed by atoms with Gasteiger partial charge in [0.15, 0.2) is 10.9 Å². The molecule has 0 spiro atoms. The molecule has 0 fully saturated rings. The van der Waals surface area contributed by atoms with Crippen molar-refractivity contribution in [1.82, 2.24) is 4.40 Å². The maximum absolute atomic E-state index is 14.1. The zero-order valence-electron chi connectivity index (χ0n) is 22.2. The first kappa shape index (κ1) is 22.3. The molecule has 3 heterocycles. The van der Waals surface area contributed by atoms with Gasteiger partial charge in [-0.25, -0.2) is 0 Å². The molecule has 0 bridgehead atoms. The Balaban J connectivity index is 2.04. The van der Waals surface area contributed by atoms with Gasteiger partial charge in [-0.3, -0.25) is 9.59 Å². The van der Waals surface area contributed by atoms with E-state index >= 15 is 0 Å². The molecule has 0 aliphatic carbocycles. The lowest BCUT2D eigenvalue weighted by atomic mass is 9.84. The molecule has 3 aromatic carbocycles. The molecule has 0 unspecified atom stereocenters. The highest BCUT2D eigenvalue weighted by molar-refractivity contribution is 6.24. The van der Waals surface area contributed by atoms with Crippen LogP contribution < -0.4 is 10.9 Å². The lowest BCUT2D eigenvalue weighted by Gasteiger charge is -2.22. The number of aromatic nitrogens is 1. The summed E-state index contributed by atoms with van der Waals surface area (Å²) in [6.07, 6.45) is 0. The van der Waals surface area contributed by atoms with Crippen molar-refractivity contribution in [3.05, 3.63) is 73.5 Å². The minimum absolute atomic E-state index is 0.0195. The van der Waals surface area contributed by atoms with Crippen LogP contribution in [0.4, 0.5) is 0 Å². The molecule has 3 nitrogen and oxygen atoms in total. The van der Waals surface area contributed by atoms with Crippen molar-refractivity contribution in [3.8, 4) is 0 Å². The molecule has 6 aromatic rings. The van der Waals surface area contributed by atoms with Crippen LogP contribution in [-0.2, 0) is 16.2 Å². The Morgan fingerprint density at radius 1 is 0.429 bits per heavy atom. The van der Waals surface area contributed by atoms with E-state index in [1.165, 1.54) is 0 Å². The van der Waals surface area contributed by atoms with Gasteiger partial charge in [0.05, 0.1) is 16.6 Å². The van der Waals surface area contributed by atoms with Gasteiger partial charge in [0, 0.05) is 32.3 Å². The number of hydrogen-bond acceptors (Lipinski definition) is 2. The summed E-state index contributed by atoms with van der Waals surface area (Å²) in [5, 5.41) is 4.90. The second-order valence-corrected chi connectivity index (χ2v) is 13.5. The summed E-state index contributed by atoms with van der Waals surface area (Å²) in [6, 6.07) is 12.7. The molecule has 0 radical (unpaired) electrons. The van der Waals surface area contributed by atoms with Crippen LogP contribution in [0.15, 0.2) is 46.0 Å². The van der Waals surface area contributed by atoms with E-state index in [0.717, 1.165) is 54.8 Å². The number of pyridine rings is 2. The standard InChI is InChI=1S/C32H33NO2/c1-30(2,3)16-10-19-20-11-17(31(4,5)6)13-22-26(20)33-25(19)21(12-16)28(34)23-14-18(32(7,8)9)15-24(27(23)33)29(22)35/h10-15H,1-9H3. The third-order valence-corrected chi connectivity index (χ3v) is 7.87. The molecule has 178 valence electrons. The van der Waals surface area contributed by atoms with E-state index < -0.39 is 0 Å². The SMILES string of the molecule is CC(C)(C)c1cc2c(=O)c3cc(C(C)(C)C)cc4c5cc(C(C)(C)C)cc6c(=O)c(c1)c2n(c34)c65. The predicted octanol–water partition coefficient (Wildman–Crippen LogP) is 7.48. The summed E-state index contributed by atoms with van der Waals surface area (Å²) >= 11 is 0. The largest absolute Gasteiger partial charge is 0.306 e. The molecule has 0 amide bonds. The van der Waals surface area contributed by atoms with Crippen molar-refractivity contribution in [2.24, 2.45) is 0 Å². The van der Waals surface area contributed by atoms with Crippen LogP contribution in [-0.4, -0.2) is 4.40 Å². The molecule has 0 N–H and O–H groups in total. The highest BCUT2D eigenvalue weighted by atomic mass is 16.1. The Morgan fingerprint density at radius 3 is 0.914 bits per heavy atom. The van der Waals surface area contributed by atoms with Gasteiger partial charge in [0.2, 0.25) is 0 Å². The molecule has 0 aliphatic rings. The second-order valence-electron chi connectivity index (χ2n) is 13.5. The number of fused-ring (bicyclic) bond motifs is 1. The fraction of sp³-hybridized carbons (Fsp3) is 0.375. The Morgan fingerprint density at radius 2 is 0.657 bits per heavy atom. The highest BCUT2D eigenvalue weighted by Gasteiger charge is 2.29. The van der Waals surface area contributed by atoms with Gasteiger partial charge in [-0.2, -0.15) is 0 Å². The molecule has 6 rings (SSSR count). The van der Waals surface area contributed by atoms with Crippen molar-refractivity contribution in [1.29, 1.82) is 0 Å². The molecular formula is C32H33NO2. The fourth-order valence-electron chi connectivity index (χ4n) is 5.65. The van der Waals surface area contributed by atoms with Gasteiger partial charge < -0.3 is 4.40 Å². The topological polar surface area (TPSA) is 38.5 Å². The average Bonchev–Trinajstić information content (AvgIpc) is 3.08. The van der Waals surface area contributed by atoms with Crippen molar-refractivity contribution < 1.29 is 0 Å². The van der Waals surface area contributed by atoms with E-state index in [2.05, 4.69) is 91.0 Å². The minimum atomic E-state index is -0.186. The molecule has 0 atom stereocenters. The van der Waals surface area contributed by atoms with E-state index in [9.17, 15) is 9.59 Å². The van der Waals surface area contributed by atoms with Crippen LogP contribution in [0.2, 0.25) is 0 Å². The van der Waals surface area contributed by atoms with Gasteiger partial charge in [-0.05, 0) is 69.3 Å². The van der Waals surface area contributed by atoms with Gasteiger partial charge in [0.25, 0.3) is 0 Å². The second kappa shape index (κ2) is 6.32. The normalized spacial score (nSPS) is 14.1. The van der Waals surface area contributed by atoms with Crippen molar-refractivity contribution in [3.63, 3.8) is 0 Å². The van der Waals surface area contributed by atoms with E-state index in [4.69, 9.17) is 0 Å². The first-order chi connectivity index (χ1) is 16.1. The first-order valence-electron chi connectivity index (χ1n) is 12.5. The van der Waals surface area contributed by atoms with Crippen LogP contribution in [0.25, 0.3) is 48.9 Å². The van der Waals surface area contributed by atoms with Gasteiger partial charge in [-0.1, -0.05) is 62.3 Å². The quantitative estimate of drug-likeness (QED) is 0.173. The molecule has 3 heteroatoms. The van der Waals surface area contributed by atoms with Crippen LogP contribution >= 0.6 is 0 Å². The highest BCUT2D eigenvalue weighted by Crippen LogP contribution is 2.42. The maximum atomic E-state index is 14.1. The van der Waals surface area contributed by atoms with Crippen LogP contribution in [0.5, 0.6) is 0 Å². The summed E-state index contributed by atoms with van der Waals surface area (Å²) < 4.78 is 2.22. The Kier molecular flexibility index (Phi) is 4.02. The van der Waals surface area contributed by atoms with E-state index in [1.54, 1.807) is 0 Å². The number of hydrogen-bond donors (Lipinski definition) is 0. The third kappa shape index (κ3) is 2.84. The average molecular weight is 464 g/mol. The van der Waals surface area contributed by atoms with E-state index in [1.807, 2.05) is 12.1 Å². The fourth-order valence-corrected chi connectivity index (χ4v) is 5.65. The molecule has 0 saturated carbocycles. The lowest BCUT2D eigenvalue weighted by Crippen LogP contribution is -2.18. The van der Waals surface area contributed by atoms with E-state index in [-0.39, 0.29) is 27.1 Å². The Labute approximate surface area is 205 Å². The van der Waals surface area contributed by atoms with Crippen LogP contribution in [0, 0.1) is 0 Å². The summed E-state index contributed by atoms with van der Waals surface area (Å²) in [7, 11) is 0. The molecule has 0 aliphatic heterocycles. The Bertz CT molecular complexity index is 1790. The minimum Gasteiger partial charge on any atom is -0.306 e. The lowest BCUT2D eigenvalue weighted by molar-refractivity contribution is 0.591. The number of benzene rings is 3. The van der Waals surface area contributed by atoms with Crippen molar-refractivity contribution in [2.75, 3.05) is 0 Å². The molecule has 3 aromatic heterocycles. The number of rotatable bonds is 0. The molecular weight excluding hydrogens is 430 g/mol. The first-order valence-corrected chi connectivity index (χ1v) is 12.5. The third-order valence-electron chi connectivity index (χ3n) is 7.87. The van der Waals surface area contributed by atoms with Gasteiger partial charge in [-0.15, -0.1) is 0 Å². The summed E-state index contributed by atoms with van der Waals surface area (Å²) in [4.78, 5) is 28.2. The summed E-state index contributed by atoms with van der Waals surface area (Å²) in [5.74, 6) is 0. The van der Waals surface area contributed by atoms with Gasteiger partial charge in [0.1, 0.15) is 0 Å². The summed E-state index contributed by atoms with van der Waals surface area (Å²) in [6.45, 7) is 19.5.